The SMILES string of the molecule is Cc1ccc(C(Br)Cc2ccc(F)cc2F)o1. The maximum atomic E-state index is 13.4. The van der Waals surface area contributed by atoms with Crippen molar-refractivity contribution in [3.05, 3.63) is 59.1 Å². The highest BCUT2D eigenvalue weighted by Crippen LogP contribution is 2.29. The molecule has 0 bridgehead atoms. The van der Waals surface area contributed by atoms with Crippen molar-refractivity contribution in [1.82, 2.24) is 0 Å². The molecule has 1 aromatic carbocycles. The maximum Gasteiger partial charge on any atom is 0.129 e. The number of halogens is 3. The van der Waals surface area contributed by atoms with E-state index >= 15 is 0 Å². The van der Waals surface area contributed by atoms with Crippen LogP contribution in [0.1, 0.15) is 21.9 Å². The summed E-state index contributed by atoms with van der Waals surface area (Å²) in [4.78, 5) is -0.115. The van der Waals surface area contributed by atoms with Crippen LogP contribution in [0.2, 0.25) is 0 Å². The number of rotatable bonds is 3. The summed E-state index contributed by atoms with van der Waals surface area (Å²) in [6.45, 7) is 1.85. The minimum atomic E-state index is -0.564. The van der Waals surface area contributed by atoms with E-state index in [0.717, 1.165) is 17.6 Å². The van der Waals surface area contributed by atoms with Crippen LogP contribution in [0.4, 0.5) is 8.78 Å². The Morgan fingerprint density at radius 1 is 1.24 bits per heavy atom. The summed E-state index contributed by atoms with van der Waals surface area (Å²) < 4.78 is 31.6. The van der Waals surface area contributed by atoms with E-state index in [1.54, 1.807) is 0 Å². The van der Waals surface area contributed by atoms with Crippen molar-refractivity contribution in [2.75, 3.05) is 0 Å². The van der Waals surface area contributed by atoms with Gasteiger partial charge in [-0.3, -0.25) is 0 Å². The third-order valence-corrected chi connectivity index (χ3v) is 3.26. The zero-order valence-corrected chi connectivity index (χ0v) is 10.8. The van der Waals surface area contributed by atoms with Crippen molar-refractivity contribution in [2.24, 2.45) is 0 Å². The summed E-state index contributed by atoms with van der Waals surface area (Å²) in [7, 11) is 0. The van der Waals surface area contributed by atoms with Crippen LogP contribution in [-0.2, 0) is 6.42 Å². The molecule has 0 aliphatic heterocycles. The Morgan fingerprint density at radius 3 is 2.59 bits per heavy atom. The molecule has 0 spiro atoms. The van der Waals surface area contributed by atoms with Crippen molar-refractivity contribution in [2.45, 2.75) is 18.2 Å². The molecule has 17 heavy (non-hydrogen) atoms. The zero-order valence-electron chi connectivity index (χ0n) is 9.21. The van der Waals surface area contributed by atoms with E-state index in [9.17, 15) is 8.78 Å². The van der Waals surface area contributed by atoms with E-state index in [-0.39, 0.29) is 4.83 Å². The lowest BCUT2D eigenvalue weighted by atomic mass is 10.1. The van der Waals surface area contributed by atoms with Gasteiger partial charge >= 0.3 is 0 Å². The second-order valence-corrected chi connectivity index (χ2v) is 4.96. The maximum absolute atomic E-state index is 13.4. The molecule has 0 aliphatic carbocycles. The molecule has 1 unspecified atom stereocenters. The zero-order chi connectivity index (χ0) is 12.4. The Bertz CT molecular complexity index is 522. The molecule has 1 atom stereocenters. The Hall–Kier alpha value is -1.16. The molecular weight excluding hydrogens is 290 g/mol. The molecule has 0 fully saturated rings. The van der Waals surface area contributed by atoms with Gasteiger partial charge in [0, 0.05) is 6.07 Å². The highest BCUT2D eigenvalue weighted by Gasteiger charge is 2.14. The van der Waals surface area contributed by atoms with Crippen molar-refractivity contribution in [3.8, 4) is 0 Å². The van der Waals surface area contributed by atoms with Crippen molar-refractivity contribution < 1.29 is 13.2 Å². The molecule has 1 nitrogen and oxygen atoms in total. The standard InChI is InChI=1S/C13H11BrF2O/c1-8-2-5-13(17-8)11(14)6-9-3-4-10(15)7-12(9)16/h2-5,7,11H,6H2,1H3. The predicted molar refractivity (Wildman–Crippen MR) is 65.2 cm³/mol. The number of alkyl halides is 1. The van der Waals surface area contributed by atoms with Gasteiger partial charge in [0.25, 0.3) is 0 Å². The van der Waals surface area contributed by atoms with Crippen molar-refractivity contribution in [1.29, 1.82) is 0 Å². The molecule has 1 heterocycles. The van der Waals surface area contributed by atoms with Gasteiger partial charge in [-0.2, -0.15) is 0 Å². The van der Waals surface area contributed by atoms with Gasteiger partial charge in [0.2, 0.25) is 0 Å². The minimum Gasteiger partial charge on any atom is -0.465 e. The first-order valence-corrected chi connectivity index (χ1v) is 6.12. The van der Waals surface area contributed by atoms with Crippen LogP contribution in [0.3, 0.4) is 0 Å². The molecule has 0 radical (unpaired) electrons. The van der Waals surface area contributed by atoms with Crippen LogP contribution in [0.5, 0.6) is 0 Å². The Balaban J connectivity index is 2.15. The fourth-order valence-corrected chi connectivity index (χ4v) is 2.20. The monoisotopic (exact) mass is 300 g/mol. The van der Waals surface area contributed by atoms with Gasteiger partial charge in [-0.25, -0.2) is 8.78 Å². The lowest BCUT2D eigenvalue weighted by Crippen LogP contribution is -1.97. The van der Waals surface area contributed by atoms with Gasteiger partial charge in [-0.05, 0) is 37.1 Å². The molecule has 2 aromatic rings. The van der Waals surface area contributed by atoms with Gasteiger partial charge in [-0.1, -0.05) is 22.0 Å². The van der Waals surface area contributed by atoms with Crippen molar-refractivity contribution >= 4 is 15.9 Å². The smallest absolute Gasteiger partial charge is 0.129 e. The third-order valence-electron chi connectivity index (χ3n) is 2.48. The molecule has 2 rings (SSSR count). The lowest BCUT2D eigenvalue weighted by molar-refractivity contribution is 0.478. The van der Waals surface area contributed by atoms with Crippen LogP contribution in [0.15, 0.2) is 34.7 Å². The van der Waals surface area contributed by atoms with Crippen LogP contribution in [-0.4, -0.2) is 0 Å². The average Bonchev–Trinajstić information content (AvgIpc) is 2.69. The first-order chi connectivity index (χ1) is 8.06. The van der Waals surface area contributed by atoms with E-state index in [4.69, 9.17) is 4.42 Å². The molecule has 0 N–H and O–H groups in total. The Labute approximate surface area is 107 Å². The van der Waals surface area contributed by atoms with Crippen LogP contribution < -0.4 is 0 Å². The summed E-state index contributed by atoms with van der Waals surface area (Å²) in [6, 6.07) is 7.30. The van der Waals surface area contributed by atoms with E-state index in [1.165, 1.54) is 12.1 Å². The van der Waals surface area contributed by atoms with E-state index in [1.807, 2.05) is 19.1 Å². The van der Waals surface area contributed by atoms with E-state index in [0.29, 0.717) is 12.0 Å². The van der Waals surface area contributed by atoms with E-state index < -0.39 is 11.6 Å². The number of hydrogen-bond acceptors (Lipinski definition) is 1. The van der Waals surface area contributed by atoms with Gasteiger partial charge in [0.05, 0.1) is 4.83 Å². The molecule has 1 aromatic heterocycles. The van der Waals surface area contributed by atoms with Gasteiger partial charge < -0.3 is 4.42 Å². The van der Waals surface area contributed by atoms with Crippen LogP contribution >= 0.6 is 15.9 Å². The topological polar surface area (TPSA) is 13.1 Å². The average molecular weight is 301 g/mol. The molecule has 4 heteroatoms. The van der Waals surface area contributed by atoms with Crippen molar-refractivity contribution in [3.63, 3.8) is 0 Å². The quantitative estimate of drug-likeness (QED) is 0.758. The molecule has 0 amide bonds. The second-order valence-electron chi connectivity index (χ2n) is 3.86. The van der Waals surface area contributed by atoms with Crippen LogP contribution in [0.25, 0.3) is 0 Å². The molecule has 0 saturated heterocycles. The van der Waals surface area contributed by atoms with E-state index in [2.05, 4.69) is 15.9 Å². The molecule has 0 saturated carbocycles. The fourth-order valence-electron chi connectivity index (χ4n) is 1.60. The largest absolute Gasteiger partial charge is 0.465 e. The highest BCUT2D eigenvalue weighted by molar-refractivity contribution is 9.09. The predicted octanol–water partition coefficient (Wildman–Crippen LogP) is 4.54. The minimum absolute atomic E-state index is 0.115. The van der Waals surface area contributed by atoms with Gasteiger partial charge in [-0.15, -0.1) is 0 Å². The summed E-state index contributed by atoms with van der Waals surface area (Å²) in [5.41, 5.74) is 0.460. The Kier molecular flexibility index (Phi) is 3.62. The number of benzene rings is 1. The second kappa shape index (κ2) is 5.00. The summed E-state index contributed by atoms with van der Waals surface area (Å²) in [5, 5.41) is 0. The van der Waals surface area contributed by atoms with Gasteiger partial charge in [0.15, 0.2) is 0 Å². The molecule has 0 aliphatic rings. The molecule has 90 valence electrons. The third kappa shape index (κ3) is 2.94. The number of aryl methyl sites for hydroxylation is 1. The summed E-state index contributed by atoms with van der Waals surface area (Å²) in [5.74, 6) is 0.458. The fraction of sp³-hybridized carbons (Fsp3) is 0.231. The lowest BCUT2D eigenvalue weighted by Gasteiger charge is -2.08. The summed E-state index contributed by atoms with van der Waals surface area (Å²) in [6.07, 6.45) is 0.416. The van der Waals surface area contributed by atoms with Gasteiger partial charge in [0.1, 0.15) is 23.2 Å². The Morgan fingerprint density at radius 2 is 2.00 bits per heavy atom. The first kappa shape index (κ1) is 12.3. The summed E-state index contributed by atoms with van der Waals surface area (Å²) >= 11 is 3.43. The number of furan rings is 1. The first-order valence-electron chi connectivity index (χ1n) is 5.20. The molecular formula is C13H11BrF2O. The normalized spacial score (nSPS) is 12.7. The highest BCUT2D eigenvalue weighted by atomic mass is 79.9. The van der Waals surface area contributed by atoms with Crippen LogP contribution in [0, 0.1) is 18.6 Å². The number of hydrogen-bond donors (Lipinski definition) is 0.